The molecule has 0 bridgehead atoms. The number of cyclic esters (lactones) is 2. The normalized spacial score (nSPS) is 38.4. The molecule has 0 radical (unpaired) electrons. The van der Waals surface area contributed by atoms with Crippen molar-refractivity contribution >= 4 is 75.0 Å². The molecule has 2 fully saturated rings. The highest BCUT2D eigenvalue weighted by Crippen LogP contribution is 2.37. The molecule has 4 aliphatic rings. The van der Waals surface area contributed by atoms with Gasteiger partial charge in [0.25, 0.3) is 0 Å². The van der Waals surface area contributed by atoms with E-state index in [0.717, 1.165) is 26.3 Å². The summed E-state index contributed by atoms with van der Waals surface area (Å²) in [5, 5.41) is 22.5. The molecule has 0 spiro atoms. The number of methoxy groups -OCH3 is 2. The second-order valence-electron chi connectivity index (χ2n) is 24.5. The number of ketones is 2. The molecular weight excluding hydrogens is 1290 g/mol. The minimum absolute atomic E-state index is 0.0121. The fourth-order valence-corrected chi connectivity index (χ4v) is 13.7. The number of ether oxygens (including phenoxy) is 8. The van der Waals surface area contributed by atoms with Gasteiger partial charge in [0.15, 0.2) is 30.4 Å². The van der Waals surface area contributed by atoms with E-state index in [9.17, 15) is 34.2 Å². The van der Waals surface area contributed by atoms with E-state index in [0.29, 0.717) is 57.8 Å². The number of nitrogens with zero attached hydrogens (tertiary/aromatic N) is 2. The van der Waals surface area contributed by atoms with Gasteiger partial charge in [0.2, 0.25) is 0 Å². The number of hydrogen-bond donors (Lipinski definition) is 2. The summed E-state index contributed by atoms with van der Waals surface area (Å²) in [7, 11) is 10.9. The minimum Gasteiger partial charge on any atom is -0.462 e. The molecule has 83 heavy (non-hydrogen) atoms. The highest BCUT2D eigenvalue weighted by atomic mass is 127. The third-order valence-electron chi connectivity index (χ3n) is 17.2. The summed E-state index contributed by atoms with van der Waals surface area (Å²) in [6, 6.07) is -0.276. The Morgan fingerprint density at radius 3 is 1.36 bits per heavy atom. The first kappa shape index (κ1) is 75.2. The SMILES string of the molecule is CC[C@H]1OC(=O)CC[C@H](C)[C@@H](OC2OC(C)CC(N(C)C)C2O)[C@@H](CC(OC)OC)C[C@@H](C)C(=O)/C=C/C(C)=C/[C@@H]1CI.CC[C@H]1OC(=O)CC[C@H](C)[C@@H](OC2OC(C)CC(N(C)C)C2O)[C@@H](CC=O)C[C@@H](C)C(=O)/C=C/C(C)=C/[C@@H]1CI. The van der Waals surface area contributed by atoms with E-state index in [1.54, 1.807) is 26.4 Å². The highest BCUT2D eigenvalue weighted by molar-refractivity contribution is 14.1. The zero-order valence-corrected chi connectivity index (χ0v) is 57.2. The third kappa shape index (κ3) is 24.5. The van der Waals surface area contributed by atoms with Gasteiger partial charge in [0.1, 0.15) is 30.7 Å². The predicted molar refractivity (Wildman–Crippen MR) is 340 cm³/mol. The van der Waals surface area contributed by atoms with Crippen LogP contribution in [-0.2, 0) is 61.9 Å². The third-order valence-corrected chi connectivity index (χ3v) is 19.2. The first-order chi connectivity index (χ1) is 39.2. The molecule has 476 valence electrons. The number of rotatable bonds is 16. The van der Waals surface area contributed by atoms with Gasteiger partial charge in [-0.25, -0.2) is 0 Å². The van der Waals surface area contributed by atoms with Crippen LogP contribution in [0.3, 0.4) is 0 Å². The lowest BCUT2D eigenvalue weighted by Gasteiger charge is -2.44. The van der Waals surface area contributed by atoms with Crippen molar-refractivity contribution in [3.63, 3.8) is 0 Å². The maximum atomic E-state index is 13.4. The quantitative estimate of drug-likeness (QED) is 0.0485. The maximum absolute atomic E-state index is 13.4. The van der Waals surface area contributed by atoms with E-state index in [1.807, 2.05) is 119 Å². The van der Waals surface area contributed by atoms with Gasteiger partial charge in [-0.15, -0.1) is 0 Å². The van der Waals surface area contributed by atoms with E-state index in [-0.39, 0.29) is 127 Å². The highest BCUT2D eigenvalue weighted by Gasteiger charge is 2.44. The molecule has 2 saturated heterocycles. The van der Waals surface area contributed by atoms with Gasteiger partial charge in [0, 0.05) is 84.5 Å². The number of aliphatic hydroxyl groups excluding tert-OH is 2. The zero-order chi connectivity index (χ0) is 62.2. The molecule has 19 heteroatoms. The Hall–Kier alpha value is -2.03. The van der Waals surface area contributed by atoms with Crippen LogP contribution in [0.2, 0.25) is 0 Å². The van der Waals surface area contributed by atoms with Gasteiger partial charge in [-0.3, -0.25) is 19.2 Å². The molecule has 0 aromatic carbocycles. The number of halogens is 2. The van der Waals surface area contributed by atoms with Gasteiger partial charge < -0.3 is 62.7 Å². The van der Waals surface area contributed by atoms with Crippen LogP contribution in [0.1, 0.15) is 146 Å². The number of esters is 2. The number of aldehydes is 1. The van der Waals surface area contributed by atoms with Crippen LogP contribution >= 0.6 is 45.2 Å². The largest absolute Gasteiger partial charge is 0.462 e. The molecule has 0 aromatic rings. The van der Waals surface area contributed by atoms with E-state index in [2.05, 4.69) is 57.3 Å². The summed E-state index contributed by atoms with van der Waals surface area (Å²) >= 11 is 4.63. The molecule has 2 N–H and O–H groups in total. The molecule has 4 aliphatic heterocycles. The van der Waals surface area contributed by atoms with Gasteiger partial charge in [-0.2, -0.15) is 0 Å². The Morgan fingerprint density at radius 1 is 0.627 bits per heavy atom. The number of alkyl halides is 2. The summed E-state index contributed by atoms with van der Waals surface area (Å²) in [5.41, 5.74) is 1.90. The van der Waals surface area contributed by atoms with E-state index in [4.69, 9.17) is 37.9 Å². The van der Waals surface area contributed by atoms with Crippen molar-refractivity contribution in [3.8, 4) is 0 Å². The summed E-state index contributed by atoms with van der Waals surface area (Å²) in [4.78, 5) is 68.4. The monoisotopic (exact) mass is 1400 g/mol. The Kier molecular flexibility index (Phi) is 34.8. The molecule has 4 heterocycles. The van der Waals surface area contributed by atoms with Crippen molar-refractivity contribution < 1.29 is 72.1 Å². The fourth-order valence-electron chi connectivity index (χ4n) is 12.0. The second-order valence-corrected chi connectivity index (χ2v) is 26.3. The first-order valence-corrected chi connectivity index (χ1v) is 33.4. The zero-order valence-electron chi connectivity index (χ0n) is 52.9. The Morgan fingerprint density at radius 2 is 1.01 bits per heavy atom. The van der Waals surface area contributed by atoms with Crippen molar-refractivity contribution in [2.45, 2.75) is 226 Å². The van der Waals surface area contributed by atoms with Crippen LogP contribution in [0.4, 0.5) is 0 Å². The standard InChI is InChI=1S/C33H56INO8.C31H50INO7/c1-10-28-25(19-34)15-20(2)11-13-27(36)22(4)16-24(18-30(39-8)40-9)32(21(3)12-14-29(37)42-28)43-33-31(38)26(35(6)7)17-23(5)41-33;1-8-27-24(18-32)15-19(2)9-11-26(35)21(4)16-23(13-14-34)30(20(3)10-12-28(36)39-27)40-31-29(37)25(33(6)7)17-22(5)38-31/h11,13,15,21-26,28,30-33,38H,10,12,14,16-19H2,1-9H3;9,11,14-15,20-25,27,29-31,37H,8,10,12-13,16-18H2,1-7H3/b13-11+,20-15+;11-9+,19-15+/t21-,22+,23?,24+,25+,26?,28+,31?,32+,33?;20-,21+,22?,23-,24+,25?,27+,29?,30+,31?/m00/s1. The lowest BCUT2D eigenvalue weighted by molar-refractivity contribution is -0.282. The maximum Gasteiger partial charge on any atom is 0.306 e. The van der Waals surface area contributed by atoms with Crippen LogP contribution in [0.25, 0.3) is 0 Å². The molecule has 0 amide bonds. The van der Waals surface area contributed by atoms with Crippen LogP contribution < -0.4 is 0 Å². The summed E-state index contributed by atoms with van der Waals surface area (Å²) in [6.45, 7) is 19.7. The average molecular weight is 1400 g/mol. The predicted octanol–water partition coefficient (Wildman–Crippen LogP) is 10.2. The summed E-state index contributed by atoms with van der Waals surface area (Å²) < 4.78 is 50.2. The van der Waals surface area contributed by atoms with Crippen molar-refractivity contribution in [2.24, 2.45) is 47.3 Å². The Labute approximate surface area is 525 Å². The van der Waals surface area contributed by atoms with Crippen molar-refractivity contribution in [2.75, 3.05) is 51.3 Å². The fraction of sp³-hybridized carbons (Fsp3) is 0.797. The van der Waals surface area contributed by atoms with Crippen LogP contribution in [0.15, 0.2) is 47.6 Å². The molecule has 17 nitrogen and oxygen atoms in total. The summed E-state index contributed by atoms with van der Waals surface area (Å²) in [5.74, 6) is -1.77. The molecule has 20 atom stereocenters. The smallest absolute Gasteiger partial charge is 0.306 e. The Bertz CT molecular complexity index is 2100. The van der Waals surface area contributed by atoms with Gasteiger partial charge in [-0.1, -0.05) is 122 Å². The number of aliphatic hydroxyl groups is 2. The number of hydrogen-bond acceptors (Lipinski definition) is 17. The molecule has 4 rings (SSSR count). The molecule has 0 aromatic heterocycles. The van der Waals surface area contributed by atoms with E-state index in [1.165, 1.54) is 0 Å². The number of likely N-dealkylation sites (N-methyl/N-ethyl adjacent to an activating group) is 2. The number of carbonyl (C=O) groups is 5. The van der Waals surface area contributed by atoms with E-state index < -0.39 is 43.3 Å². The molecular formula is C64H106I2N2O15. The van der Waals surface area contributed by atoms with Gasteiger partial charge in [-0.05, 0) is 143 Å². The van der Waals surface area contributed by atoms with E-state index >= 15 is 0 Å². The summed E-state index contributed by atoms with van der Waals surface area (Å²) in [6.07, 6.45) is 12.1. The van der Waals surface area contributed by atoms with Crippen molar-refractivity contribution in [1.29, 1.82) is 0 Å². The lowest BCUT2D eigenvalue weighted by atomic mass is 9.80. The average Bonchev–Trinajstić information content (AvgIpc) is 3.47. The topological polar surface area (TPSA) is 206 Å². The minimum atomic E-state index is -0.886. The van der Waals surface area contributed by atoms with Crippen LogP contribution in [0.5, 0.6) is 0 Å². The van der Waals surface area contributed by atoms with Crippen molar-refractivity contribution in [1.82, 2.24) is 9.80 Å². The van der Waals surface area contributed by atoms with Crippen molar-refractivity contribution in [3.05, 3.63) is 47.6 Å². The second kappa shape index (κ2) is 38.4. The van der Waals surface area contributed by atoms with Gasteiger partial charge in [0.05, 0.1) is 24.4 Å². The van der Waals surface area contributed by atoms with Crippen LogP contribution in [-0.4, -0.2) is 181 Å². The number of carbonyl (C=O) groups excluding carboxylic acids is 5. The molecule has 0 aliphatic carbocycles. The Balaban J connectivity index is 0.000000436. The molecule has 0 saturated carbocycles. The first-order valence-electron chi connectivity index (χ1n) is 30.4. The molecule has 8 unspecified atom stereocenters. The van der Waals surface area contributed by atoms with Crippen LogP contribution in [0, 0.1) is 47.3 Å². The number of allylic oxidation sites excluding steroid dienone is 6. The van der Waals surface area contributed by atoms with Gasteiger partial charge >= 0.3 is 11.9 Å². The lowest BCUT2D eigenvalue weighted by Crippen LogP contribution is -2.56.